The number of nitrogens with zero attached hydrogens (tertiary/aromatic N) is 4. The molecule has 1 aliphatic rings. The second kappa shape index (κ2) is 5.57. The first-order chi connectivity index (χ1) is 10.8. The molecule has 5 nitrogen and oxygen atoms in total. The summed E-state index contributed by atoms with van der Waals surface area (Å²) in [6.07, 6.45) is 5.86. The topological polar surface area (TPSA) is 47.1 Å². The highest BCUT2D eigenvalue weighted by molar-refractivity contribution is 5.71. The Hall–Kier alpha value is -2.14. The van der Waals surface area contributed by atoms with Crippen LogP contribution >= 0.6 is 0 Å². The van der Waals surface area contributed by atoms with Crippen LogP contribution in [0.5, 0.6) is 0 Å². The summed E-state index contributed by atoms with van der Waals surface area (Å²) in [5.41, 5.74) is 1.93. The monoisotopic (exact) mass is 296 g/mol. The van der Waals surface area contributed by atoms with Gasteiger partial charge in [0, 0.05) is 12.1 Å². The molecule has 0 radical (unpaired) electrons. The molecule has 1 fully saturated rings. The Bertz CT molecular complexity index is 754. The minimum atomic E-state index is 0.500. The predicted octanol–water partition coefficient (Wildman–Crippen LogP) is 2.88. The van der Waals surface area contributed by atoms with Crippen LogP contribution in [0.25, 0.3) is 11.2 Å². The van der Waals surface area contributed by atoms with E-state index in [2.05, 4.69) is 21.5 Å². The van der Waals surface area contributed by atoms with Crippen molar-refractivity contribution < 1.29 is 4.42 Å². The molecule has 0 spiro atoms. The predicted molar refractivity (Wildman–Crippen MR) is 84.8 cm³/mol. The Morgan fingerprint density at radius 1 is 1.23 bits per heavy atom. The number of pyridine rings is 1. The fourth-order valence-corrected chi connectivity index (χ4v) is 3.27. The van der Waals surface area contributed by atoms with Crippen molar-refractivity contribution in [3.63, 3.8) is 0 Å². The third kappa shape index (κ3) is 2.41. The van der Waals surface area contributed by atoms with Crippen molar-refractivity contribution in [2.45, 2.75) is 25.3 Å². The number of fused-ring (bicyclic) bond motifs is 1. The molecule has 0 bridgehead atoms. The summed E-state index contributed by atoms with van der Waals surface area (Å²) < 4.78 is 7.76. The largest absolute Gasteiger partial charge is 0.467 e. The molecule has 0 atom stereocenters. The fraction of sp³-hybridized carbons (Fsp3) is 0.412. The lowest BCUT2D eigenvalue weighted by Crippen LogP contribution is -2.30. The zero-order valence-electron chi connectivity index (χ0n) is 12.8. The van der Waals surface area contributed by atoms with E-state index in [0.29, 0.717) is 12.5 Å². The Balaban J connectivity index is 1.76. The van der Waals surface area contributed by atoms with E-state index < -0.39 is 0 Å². The van der Waals surface area contributed by atoms with Gasteiger partial charge in [0.05, 0.1) is 12.8 Å². The van der Waals surface area contributed by atoms with E-state index in [1.165, 1.54) is 0 Å². The second-order valence-corrected chi connectivity index (χ2v) is 6.06. The van der Waals surface area contributed by atoms with Gasteiger partial charge in [-0.15, -0.1) is 0 Å². The number of furan rings is 1. The molecule has 0 unspecified atom stereocenters. The molecule has 3 aromatic heterocycles. The first-order valence-electron chi connectivity index (χ1n) is 7.83. The molecule has 0 saturated carbocycles. The van der Waals surface area contributed by atoms with E-state index in [4.69, 9.17) is 9.40 Å². The third-order valence-corrected chi connectivity index (χ3v) is 4.51. The lowest BCUT2D eigenvalue weighted by molar-refractivity contribution is 0.249. The maximum Gasteiger partial charge on any atom is 0.160 e. The lowest BCUT2D eigenvalue weighted by atomic mass is 9.96. The Kier molecular flexibility index (Phi) is 3.42. The number of imidazole rings is 1. The zero-order valence-corrected chi connectivity index (χ0v) is 12.8. The van der Waals surface area contributed by atoms with Crippen molar-refractivity contribution in [2.24, 2.45) is 0 Å². The summed E-state index contributed by atoms with van der Waals surface area (Å²) in [6, 6.07) is 7.93. The van der Waals surface area contributed by atoms with Crippen LogP contribution in [-0.4, -0.2) is 39.6 Å². The zero-order chi connectivity index (χ0) is 14.9. The quantitative estimate of drug-likeness (QED) is 0.745. The summed E-state index contributed by atoms with van der Waals surface area (Å²) in [5.74, 6) is 2.60. The van der Waals surface area contributed by atoms with Crippen LogP contribution in [0.15, 0.2) is 41.1 Å². The molecule has 22 heavy (non-hydrogen) atoms. The highest BCUT2D eigenvalue weighted by Gasteiger charge is 2.24. The van der Waals surface area contributed by atoms with Gasteiger partial charge in [-0.1, -0.05) is 0 Å². The standard InChI is InChI=1S/C17H20N4O/c1-20-9-6-13(7-10-20)16-19-15-5-2-8-18-17(15)21(16)12-14-4-3-11-22-14/h2-5,8,11,13H,6-7,9-10,12H2,1H3. The highest BCUT2D eigenvalue weighted by atomic mass is 16.3. The molecule has 0 aliphatic carbocycles. The van der Waals surface area contributed by atoms with Gasteiger partial charge in [-0.25, -0.2) is 9.97 Å². The van der Waals surface area contributed by atoms with E-state index in [0.717, 1.165) is 48.7 Å². The van der Waals surface area contributed by atoms with Crippen molar-refractivity contribution in [3.05, 3.63) is 48.3 Å². The number of likely N-dealkylation sites (tertiary alicyclic amines) is 1. The summed E-state index contributed by atoms with van der Waals surface area (Å²) in [6.45, 7) is 2.95. The molecule has 4 rings (SSSR count). The number of piperidine rings is 1. The van der Waals surface area contributed by atoms with Crippen LogP contribution in [0.4, 0.5) is 0 Å². The second-order valence-electron chi connectivity index (χ2n) is 6.06. The van der Waals surface area contributed by atoms with Crippen molar-refractivity contribution in [3.8, 4) is 0 Å². The van der Waals surface area contributed by atoms with Crippen molar-refractivity contribution in [1.82, 2.24) is 19.4 Å². The van der Waals surface area contributed by atoms with Crippen LogP contribution in [0.2, 0.25) is 0 Å². The molecule has 5 heteroatoms. The van der Waals surface area contributed by atoms with E-state index >= 15 is 0 Å². The first kappa shape index (κ1) is 13.5. The molecular formula is C17H20N4O. The van der Waals surface area contributed by atoms with Gasteiger partial charge in [0.25, 0.3) is 0 Å². The maximum absolute atomic E-state index is 5.53. The van der Waals surface area contributed by atoms with Gasteiger partial charge >= 0.3 is 0 Å². The number of hydrogen-bond acceptors (Lipinski definition) is 4. The van der Waals surface area contributed by atoms with Crippen molar-refractivity contribution >= 4 is 11.2 Å². The molecule has 0 N–H and O–H groups in total. The fourth-order valence-electron chi connectivity index (χ4n) is 3.27. The molecule has 3 aromatic rings. The third-order valence-electron chi connectivity index (χ3n) is 4.51. The number of aromatic nitrogens is 3. The molecule has 1 aliphatic heterocycles. The molecule has 0 amide bonds. The van der Waals surface area contributed by atoms with Crippen LogP contribution in [-0.2, 0) is 6.54 Å². The van der Waals surface area contributed by atoms with Crippen LogP contribution < -0.4 is 0 Å². The smallest absolute Gasteiger partial charge is 0.160 e. The van der Waals surface area contributed by atoms with E-state index in [1.54, 1.807) is 6.26 Å². The van der Waals surface area contributed by atoms with Gasteiger partial charge in [-0.2, -0.15) is 0 Å². The number of rotatable bonds is 3. The summed E-state index contributed by atoms with van der Waals surface area (Å²) in [5, 5.41) is 0. The molecule has 4 heterocycles. The Morgan fingerprint density at radius 3 is 2.86 bits per heavy atom. The molecular weight excluding hydrogens is 276 g/mol. The van der Waals surface area contributed by atoms with Crippen LogP contribution in [0.3, 0.4) is 0 Å². The van der Waals surface area contributed by atoms with Gasteiger partial charge in [0.1, 0.15) is 17.1 Å². The molecule has 1 saturated heterocycles. The van der Waals surface area contributed by atoms with Gasteiger partial charge in [-0.3, -0.25) is 0 Å². The molecule has 114 valence electrons. The van der Waals surface area contributed by atoms with Crippen molar-refractivity contribution in [2.75, 3.05) is 20.1 Å². The van der Waals surface area contributed by atoms with Crippen LogP contribution in [0.1, 0.15) is 30.3 Å². The van der Waals surface area contributed by atoms with Gasteiger partial charge in [-0.05, 0) is 57.2 Å². The minimum Gasteiger partial charge on any atom is -0.467 e. The van der Waals surface area contributed by atoms with Gasteiger partial charge < -0.3 is 13.9 Å². The Morgan fingerprint density at radius 2 is 2.09 bits per heavy atom. The van der Waals surface area contributed by atoms with Crippen LogP contribution in [0, 0.1) is 0 Å². The lowest BCUT2D eigenvalue weighted by Gasteiger charge is -2.28. The normalized spacial score (nSPS) is 17.3. The molecule has 0 aromatic carbocycles. The van der Waals surface area contributed by atoms with Gasteiger partial charge in [0.15, 0.2) is 5.65 Å². The Labute approximate surface area is 129 Å². The first-order valence-corrected chi connectivity index (χ1v) is 7.83. The summed E-state index contributed by atoms with van der Waals surface area (Å²) >= 11 is 0. The summed E-state index contributed by atoms with van der Waals surface area (Å²) in [4.78, 5) is 11.8. The van der Waals surface area contributed by atoms with E-state index in [9.17, 15) is 0 Å². The average molecular weight is 296 g/mol. The van der Waals surface area contributed by atoms with Gasteiger partial charge in [0.2, 0.25) is 0 Å². The SMILES string of the molecule is CN1CCC(c2nc3cccnc3n2Cc2ccco2)CC1. The average Bonchev–Trinajstić information content (AvgIpc) is 3.17. The highest BCUT2D eigenvalue weighted by Crippen LogP contribution is 2.29. The van der Waals surface area contributed by atoms with E-state index in [-0.39, 0.29) is 0 Å². The van der Waals surface area contributed by atoms with Crippen molar-refractivity contribution in [1.29, 1.82) is 0 Å². The maximum atomic E-state index is 5.53. The summed E-state index contributed by atoms with van der Waals surface area (Å²) in [7, 11) is 2.18. The number of hydrogen-bond donors (Lipinski definition) is 0. The van der Waals surface area contributed by atoms with E-state index in [1.807, 2.05) is 30.5 Å². The minimum absolute atomic E-state index is 0.500.